The first kappa shape index (κ1) is 43.3. The third-order valence-electron chi connectivity index (χ3n) is 8.38. The summed E-state index contributed by atoms with van der Waals surface area (Å²) in [5.74, 6) is -0.522. The summed E-state index contributed by atoms with van der Waals surface area (Å²) in [5.41, 5.74) is 5.65. The summed E-state index contributed by atoms with van der Waals surface area (Å²) in [6.07, 6.45) is 33.9. The summed E-state index contributed by atoms with van der Waals surface area (Å²) in [6, 6.07) is 0. The highest BCUT2D eigenvalue weighted by Crippen LogP contribution is 2.16. The number of rotatable bonds is 33. The molecule has 0 rings (SSSR count). The van der Waals surface area contributed by atoms with Gasteiger partial charge in [0.05, 0.1) is 13.0 Å². The third kappa shape index (κ3) is 32.1. The van der Waals surface area contributed by atoms with Crippen LogP contribution in [0.4, 0.5) is 0 Å². The van der Waals surface area contributed by atoms with Crippen molar-refractivity contribution in [1.82, 2.24) is 5.32 Å². The Morgan fingerprint density at radius 3 is 1.40 bits per heavy atom. The number of amides is 1. The molecule has 0 saturated heterocycles. The molecule has 0 unspecified atom stereocenters. The second kappa shape index (κ2) is 36.4. The van der Waals surface area contributed by atoms with Gasteiger partial charge in [0.15, 0.2) is 0 Å². The Kier molecular flexibility index (Phi) is 37.5. The highest BCUT2D eigenvalue weighted by molar-refractivity contribution is 5.85. The lowest BCUT2D eigenvalue weighted by Gasteiger charge is -2.16. The minimum absolute atomic E-state index is 0. The molecular weight excluding hydrogens is 544 g/mol. The topological polar surface area (TPSA) is 81.4 Å². The zero-order valence-electron chi connectivity index (χ0n) is 28.2. The molecule has 0 aromatic carbocycles. The van der Waals surface area contributed by atoms with E-state index in [4.69, 9.17) is 10.5 Å². The van der Waals surface area contributed by atoms with Crippen LogP contribution in [0.3, 0.4) is 0 Å². The maximum atomic E-state index is 12.8. The number of halogens is 1. The van der Waals surface area contributed by atoms with Gasteiger partial charge in [-0.15, -0.1) is 12.4 Å². The van der Waals surface area contributed by atoms with Crippen LogP contribution >= 0.6 is 12.4 Å². The molecule has 42 heavy (non-hydrogen) atoms. The zero-order valence-corrected chi connectivity index (χ0v) is 29.0. The molecule has 0 fully saturated rings. The summed E-state index contributed by atoms with van der Waals surface area (Å²) < 4.78 is 5.50. The van der Waals surface area contributed by atoms with Crippen molar-refractivity contribution in [2.24, 2.45) is 11.7 Å². The van der Waals surface area contributed by atoms with Crippen molar-refractivity contribution in [3.05, 3.63) is 0 Å². The van der Waals surface area contributed by atoms with Gasteiger partial charge in [-0.1, -0.05) is 162 Å². The van der Waals surface area contributed by atoms with E-state index in [9.17, 15) is 9.59 Å². The van der Waals surface area contributed by atoms with Gasteiger partial charge < -0.3 is 15.8 Å². The van der Waals surface area contributed by atoms with E-state index in [2.05, 4.69) is 19.2 Å². The SMILES string of the molecule is CCCCCCCCCCCCCCCCOC(=O)C[C@@H](CCCCN)C(=O)NCCCCCCCCCCCC.Cl. The van der Waals surface area contributed by atoms with Crippen LogP contribution in [0.25, 0.3) is 0 Å². The van der Waals surface area contributed by atoms with Gasteiger partial charge in [0.25, 0.3) is 0 Å². The average Bonchev–Trinajstić information content (AvgIpc) is 2.97. The molecule has 1 amide bonds. The average molecular weight is 617 g/mol. The van der Waals surface area contributed by atoms with Crippen LogP contribution in [0.2, 0.25) is 0 Å². The van der Waals surface area contributed by atoms with E-state index in [1.54, 1.807) is 0 Å². The Labute approximate surface area is 268 Å². The number of unbranched alkanes of at least 4 members (excludes halogenated alkanes) is 23. The molecule has 6 heteroatoms. The van der Waals surface area contributed by atoms with Crippen molar-refractivity contribution in [1.29, 1.82) is 0 Å². The second-order valence-electron chi connectivity index (χ2n) is 12.5. The molecule has 0 aliphatic heterocycles. The van der Waals surface area contributed by atoms with Crippen LogP contribution in [-0.4, -0.2) is 31.6 Å². The van der Waals surface area contributed by atoms with Gasteiger partial charge in [-0.25, -0.2) is 0 Å². The van der Waals surface area contributed by atoms with E-state index >= 15 is 0 Å². The molecule has 0 heterocycles. The number of nitrogens with two attached hydrogens (primary N) is 1. The summed E-state index contributed by atoms with van der Waals surface area (Å²) in [5, 5.41) is 3.08. The summed E-state index contributed by atoms with van der Waals surface area (Å²) >= 11 is 0. The molecule has 0 saturated carbocycles. The molecule has 0 aliphatic rings. The van der Waals surface area contributed by atoms with Gasteiger partial charge in [-0.2, -0.15) is 0 Å². The lowest BCUT2D eigenvalue weighted by molar-refractivity contribution is -0.147. The van der Waals surface area contributed by atoms with E-state index in [1.165, 1.54) is 128 Å². The van der Waals surface area contributed by atoms with Gasteiger partial charge >= 0.3 is 5.97 Å². The fourth-order valence-electron chi connectivity index (χ4n) is 5.57. The Morgan fingerprint density at radius 1 is 0.571 bits per heavy atom. The predicted octanol–water partition coefficient (Wildman–Crippen LogP) is 10.6. The first-order valence-corrected chi connectivity index (χ1v) is 18.3. The number of hydrogen-bond donors (Lipinski definition) is 2. The van der Waals surface area contributed by atoms with Gasteiger partial charge in [-0.05, 0) is 32.2 Å². The maximum absolute atomic E-state index is 12.8. The van der Waals surface area contributed by atoms with Crippen molar-refractivity contribution in [2.75, 3.05) is 19.7 Å². The van der Waals surface area contributed by atoms with Crippen molar-refractivity contribution < 1.29 is 14.3 Å². The number of hydrogen-bond acceptors (Lipinski definition) is 4. The molecule has 5 nitrogen and oxygen atoms in total. The van der Waals surface area contributed by atoms with Crippen molar-refractivity contribution in [3.63, 3.8) is 0 Å². The number of ether oxygens (including phenoxy) is 1. The van der Waals surface area contributed by atoms with Gasteiger partial charge in [0.1, 0.15) is 0 Å². The van der Waals surface area contributed by atoms with E-state index in [0.29, 0.717) is 26.1 Å². The Morgan fingerprint density at radius 2 is 0.976 bits per heavy atom. The highest BCUT2D eigenvalue weighted by Gasteiger charge is 2.22. The van der Waals surface area contributed by atoms with Crippen molar-refractivity contribution in [2.45, 2.75) is 194 Å². The fourth-order valence-corrected chi connectivity index (χ4v) is 5.57. The second-order valence-corrected chi connectivity index (χ2v) is 12.5. The zero-order chi connectivity index (χ0) is 30.1. The number of carbonyl (C=O) groups excluding carboxylic acids is 2. The van der Waals surface area contributed by atoms with E-state index in [1.807, 2.05) is 0 Å². The fraction of sp³-hybridized carbons (Fsp3) is 0.944. The lowest BCUT2D eigenvalue weighted by Crippen LogP contribution is -2.33. The molecule has 0 aromatic heterocycles. The standard InChI is InChI=1S/C36H72N2O3.ClH/c1-3-5-7-9-11-13-15-16-17-18-20-22-24-28-32-41-35(39)33-34(29-25-26-30-37)36(40)38-31-27-23-21-19-14-12-10-8-6-4-2;/h34H,3-33,37H2,1-2H3,(H,38,40);1H/t34-;/m1./s1. The maximum Gasteiger partial charge on any atom is 0.306 e. The largest absolute Gasteiger partial charge is 0.466 e. The highest BCUT2D eigenvalue weighted by atomic mass is 35.5. The minimum atomic E-state index is -0.298. The Hall–Kier alpha value is -0.810. The Balaban J connectivity index is 0. The Bertz CT molecular complexity index is 562. The summed E-state index contributed by atoms with van der Waals surface area (Å²) in [6.45, 7) is 6.34. The van der Waals surface area contributed by atoms with Crippen LogP contribution in [0.15, 0.2) is 0 Å². The minimum Gasteiger partial charge on any atom is -0.466 e. The first-order chi connectivity index (χ1) is 20.2. The third-order valence-corrected chi connectivity index (χ3v) is 8.38. The quantitative estimate of drug-likeness (QED) is 0.0567. The first-order valence-electron chi connectivity index (χ1n) is 18.3. The van der Waals surface area contributed by atoms with Gasteiger partial charge in [0, 0.05) is 12.5 Å². The monoisotopic (exact) mass is 617 g/mol. The van der Waals surface area contributed by atoms with E-state index in [0.717, 1.165) is 38.5 Å². The van der Waals surface area contributed by atoms with Crippen molar-refractivity contribution in [3.8, 4) is 0 Å². The predicted molar refractivity (Wildman–Crippen MR) is 184 cm³/mol. The van der Waals surface area contributed by atoms with E-state index in [-0.39, 0.29) is 36.6 Å². The van der Waals surface area contributed by atoms with Gasteiger partial charge in [-0.3, -0.25) is 9.59 Å². The molecule has 3 N–H and O–H groups in total. The number of esters is 1. The van der Waals surface area contributed by atoms with Crippen LogP contribution < -0.4 is 11.1 Å². The molecular formula is C36H73ClN2O3. The van der Waals surface area contributed by atoms with E-state index < -0.39 is 0 Å². The molecule has 0 aliphatic carbocycles. The van der Waals surface area contributed by atoms with Crippen LogP contribution in [0, 0.1) is 5.92 Å². The molecule has 0 radical (unpaired) electrons. The summed E-state index contributed by atoms with van der Waals surface area (Å²) in [4.78, 5) is 25.3. The molecule has 0 bridgehead atoms. The number of nitrogens with one attached hydrogen (secondary N) is 1. The van der Waals surface area contributed by atoms with Gasteiger partial charge in [0.2, 0.25) is 5.91 Å². The molecule has 1 atom stereocenters. The van der Waals surface area contributed by atoms with Crippen molar-refractivity contribution >= 4 is 24.3 Å². The van der Waals surface area contributed by atoms with Crippen LogP contribution in [0.5, 0.6) is 0 Å². The lowest BCUT2D eigenvalue weighted by atomic mass is 9.97. The smallest absolute Gasteiger partial charge is 0.306 e. The molecule has 252 valence electrons. The number of carbonyl (C=O) groups is 2. The summed E-state index contributed by atoms with van der Waals surface area (Å²) in [7, 11) is 0. The van der Waals surface area contributed by atoms with Crippen LogP contribution in [0.1, 0.15) is 194 Å². The molecule has 0 aromatic rings. The van der Waals surface area contributed by atoms with Crippen LogP contribution in [-0.2, 0) is 14.3 Å². The molecule has 0 spiro atoms. The normalized spacial score (nSPS) is 11.7.